The zero-order valence-electron chi connectivity index (χ0n) is 17.6. The first kappa shape index (κ1) is 22.8. The molecule has 8 atom stereocenters. The van der Waals surface area contributed by atoms with E-state index in [4.69, 9.17) is 29.1 Å². The quantitative estimate of drug-likeness (QED) is 0.511. The average molecular weight is 452 g/mol. The number of esters is 1. The highest BCUT2D eigenvalue weighted by Crippen LogP contribution is 2.64. The van der Waals surface area contributed by atoms with Crippen molar-refractivity contribution in [3.05, 3.63) is 0 Å². The van der Waals surface area contributed by atoms with Crippen LogP contribution in [0.25, 0.3) is 0 Å². The van der Waals surface area contributed by atoms with Crippen LogP contribution in [0.15, 0.2) is 0 Å². The monoisotopic (exact) mass is 452 g/mol. The summed E-state index contributed by atoms with van der Waals surface area (Å²) in [5, 5.41) is 8.76. The zero-order chi connectivity index (χ0) is 22.8. The van der Waals surface area contributed by atoms with E-state index in [2.05, 4.69) is 0 Å². The van der Waals surface area contributed by atoms with E-state index >= 15 is 0 Å². The minimum Gasteiger partial charge on any atom is -0.481 e. The lowest BCUT2D eigenvalue weighted by Crippen LogP contribution is -2.76. The second-order valence-electron chi connectivity index (χ2n) is 9.35. The molecule has 1 spiro atoms. The molecule has 1 aliphatic carbocycles. The predicted octanol–water partition coefficient (Wildman–Crippen LogP) is 3.53. The molecule has 8 nitrogen and oxygen atoms in total. The molecule has 2 bridgehead atoms. The summed E-state index contributed by atoms with van der Waals surface area (Å²) in [6, 6.07) is 0. The Morgan fingerprint density at radius 1 is 1.06 bits per heavy atom. The van der Waals surface area contributed by atoms with Crippen LogP contribution in [0.1, 0.15) is 59.3 Å². The van der Waals surface area contributed by atoms with Gasteiger partial charge in [-0.15, -0.1) is 0 Å². The van der Waals surface area contributed by atoms with Crippen LogP contribution in [0.4, 0.5) is 13.2 Å². The van der Waals surface area contributed by atoms with E-state index < -0.39 is 66.3 Å². The number of carbonyl (C=O) groups is 2. The Balaban J connectivity index is 1.75. The van der Waals surface area contributed by atoms with Gasteiger partial charge in [-0.2, -0.15) is 13.2 Å². The van der Waals surface area contributed by atoms with Crippen LogP contribution in [0.3, 0.4) is 0 Å². The summed E-state index contributed by atoms with van der Waals surface area (Å²) in [7, 11) is 0. The molecule has 31 heavy (non-hydrogen) atoms. The summed E-state index contributed by atoms with van der Waals surface area (Å²) >= 11 is 0. The number of halogens is 3. The lowest BCUT2D eigenvalue weighted by molar-refractivity contribution is -0.596. The highest BCUT2D eigenvalue weighted by atomic mass is 19.4. The lowest BCUT2D eigenvalue weighted by Gasteiger charge is -2.62. The van der Waals surface area contributed by atoms with Crippen molar-refractivity contribution < 1.29 is 51.9 Å². The summed E-state index contributed by atoms with van der Waals surface area (Å²) < 4.78 is 59.7. The first-order valence-electron chi connectivity index (χ1n) is 10.6. The molecule has 5 fully saturated rings. The van der Waals surface area contributed by atoms with Gasteiger partial charge in [0.25, 0.3) is 0 Å². The molecule has 1 N–H and O–H groups in total. The van der Waals surface area contributed by atoms with E-state index in [0.717, 1.165) is 0 Å². The first-order valence-corrected chi connectivity index (χ1v) is 10.6. The molecule has 0 aromatic heterocycles. The SMILES string of the molecule is C[C@@H]1CC[C@H]2[C@@H](C)[C@](OC(=O)CCC(=O)O)(C(F)(F)F)O[C@@H]3OC4(C)CC[C@@H]1C32OO4. The molecule has 0 aromatic carbocycles. The molecule has 11 heteroatoms. The van der Waals surface area contributed by atoms with Gasteiger partial charge < -0.3 is 14.6 Å². The molecule has 4 heterocycles. The van der Waals surface area contributed by atoms with Crippen LogP contribution in [0.2, 0.25) is 0 Å². The molecule has 4 aliphatic heterocycles. The summed E-state index contributed by atoms with van der Waals surface area (Å²) in [6.45, 7) is 4.92. The van der Waals surface area contributed by atoms with E-state index in [1.807, 2.05) is 6.92 Å². The molecule has 0 amide bonds. The third kappa shape index (κ3) is 3.35. The number of carbonyl (C=O) groups excluding carboxylic acids is 1. The molecular formula is C20H27F3O8. The van der Waals surface area contributed by atoms with Crippen molar-refractivity contribution >= 4 is 11.9 Å². The van der Waals surface area contributed by atoms with Gasteiger partial charge in [-0.1, -0.05) is 13.8 Å². The van der Waals surface area contributed by atoms with Crippen molar-refractivity contribution in [1.29, 1.82) is 0 Å². The number of carboxylic acids is 1. The van der Waals surface area contributed by atoms with Gasteiger partial charge in [0.1, 0.15) is 0 Å². The second kappa shape index (κ2) is 7.29. The van der Waals surface area contributed by atoms with Gasteiger partial charge in [0.2, 0.25) is 5.79 Å². The van der Waals surface area contributed by atoms with Crippen LogP contribution in [-0.2, 0) is 33.6 Å². The van der Waals surface area contributed by atoms with Gasteiger partial charge in [-0.25, -0.2) is 9.78 Å². The molecule has 1 saturated carbocycles. The fourth-order valence-electron chi connectivity index (χ4n) is 5.85. The van der Waals surface area contributed by atoms with Crippen molar-refractivity contribution in [2.45, 2.75) is 88.9 Å². The molecule has 2 unspecified atom stereocenters. The molecule has 4 saturated heterocycles. The van der Waals surface area contributed by atoms with Crippen molar-refractivity contribution in [2.75, 3.05) is 0 Å². The maximum absolute atomic E-state index is 14.5. The van der Waals surface area contributed by atoms with Crippen molar-refractivity contribution in [2.24, 2.45) is 23.7 Å². The minimum absolute atomic E-state index is 0.152. The fraction of sp³-hybridized carbons (Fsp3) is 0.900. The highest BCUT2D eigenvalue weighted by molar-refractivity contribution is 5.76. The van der Waals surface area contributed by atoms with Gasteiger partial charge in [-0.3, -0.25) is 14.3 Å². The topological polar surface area (TPSA) is 101 Å². The van der Waals surface area contributed by atoms with E-state index in [-0.39, 0.29) is 11.8 Å². The van der Waals surface area contributed by atoms with Gasteiger partial charge in [0.05, 0.1) is 12.8 Å². The van der Waals surface area contributed by atoms with Crippen LogP contribution < -0.4 is 0 Å². The Morgan fingerprint density at radius 3 is 2.42 bits per heavy atom. The molecular weight excluding hydrogens is 425 g/mol. The van der Waals surface area contributed by atoms with Crippen LogP contribution in [0.5, 0.6) is 0 Å². The standard InChI is InChI=1S/C20H27F3O8/c1-10-4-5-13-11(2)19(20(21,22)23,27-15(26)7-6-14(24)25)29-16-18(13)12(10)8-9-17(3,28-16)30-31-18/h10-13,16H,4-9H2,1-3H3,(H,24,25)/t10-,11-,12+,13+,16+,17?,18?,19-/m1/s1. The number of rotatable bonds is 4. The smallest absolute Gasteiger partial charge is 0.455 e. The van der Waals surface area contributed by atoms with Crippen molar-refractivity contribution in [1.82, 2.24) is 0 Å². The average Bonchev–Trinajstić information content (AvgIpc) is 2.89. The first-order chi connectivity index (χ1) is 14.3. The van der Waals surface area contributed by atoms with Crippen molar-refractivity contribution in [3.8, 4) is 0 Å². The summed E-state index contributed by atoms with van der Waals surface area (Å²) in [6.07, 6.45) is -5.79. The normalized spacial score (nSPS) is 46.7. The lowest BCUT2D eigenvalue weighted by atomic mass is 9.57. The number of carboxylic acid groups (broad SMARTS) is 1. The summed E-state index contributed by atoms with van der Waals surface area (Å²) in [4.78, 5) is 34.4. The Kier molecular flexibility index (Phi) is 5.35. The zero-order valence-corrected chi connectivity index (χ0v) is 17.6. The third-order valence-corrected chi connectivity index (χ3v) is 7.46. The second-order valence-corrected chi connectivity index (χ2v) is 9.35. The molecule has 0 radical (unpaired) electrons. The van der Waals surface area contributed by atoms with Crippen LogP contribution >= 0.6 is 0 Å². The number of fused-ring (bicyclic) bond motifs is 2. The van der Waals surface area contributed by atoms with Gasteiger partial charge >= 0.3 is 23.9 Å². The summed E-state index contributed by atoms with van der Waals surface area (Å²) in [5.41, 5.74) is -1.25. The maximum atomic E-state index is 14.5. The van der Waals surface area contributed by atoms with Gasteiger partial charge in [-0.05, 0) is 38.0 Å². The number of hydrogen-bond acceptors (Lipinski definition) is 7. The molecule has 5 aliphatic rings. The number of alkyl halides is 3. The van der Waals surface area contributed by atoms with Crippen LogP contribution in [0, 0.1) is 23.7 Å². The Labute approximate surface area is 177 Å². The van der Waals surface area contributed by atoms with Gasteiger partial charge in [0.15, 0.2) is 11.9 Å². The molecule has 5 rings (SSSR count). The van der Waals surface area contributed by atoms with Crippen molar-refractivity contribution in [3.63, 3.8) is 0 Å². The number of aliphatic carboxylic acids is 1. The van der Waals surface area contributed by atoms with E-state index in [1.54, 1.807) is 6.92 Å². The Morgan fingerprint density at radius 2 is 1.77 bits per heavy atom. The summed E-state index contributed by atoms with van der Waals surface area (Å²) in [5.74, 6) is -9.24. The van der Waals surface area contributed by atoms with E-state index in [1.165, 1.54) is 6.92 Å². The third-order valence-electron chi connectivity index (χ3n) is 7.46. The maximum Gasteiger partial charge on any atom is 0.455 e. The van der Waals surface area contributed by atoms with E-state index in [9.17, 15) is 22.8 Å². The molecule has 176 valence electrons. The Bertz CT molecular complexity index is 759. The van der Waals surface area contributed by atoms with Gasteiger partial charge in [0, 0.05) is 18.3 Å². The minimum atomic E-state index is -5.08. The predicted molar refractivity (Wildman–Crippen MR) is 94.8 cm³/mol. The Hall–Kier alpha value is -1.43. The molecule has 0 aromatic rings. The van der Waals surface area contributed by atoms with Crippen LogP contribution in [-0.4, -0.2) is 46.7 Å². The highest BCUT2D eigenvalue weighted by Gasteiger charge is 2.78. The number of hydrogen-bond donors (Lipinski definition) is 1. The fourth-order valence-corrected chi connectivity index (χ4v) is 5.85. The largest absolute Gasteiger partial charge is 0.481 e. The number of ether oxygens (including phenoxy) is 3. The van der Waals surface area contributed by atoms with E-state index in [0.29, 0.717) is 25.7 Å².